The second kappa shape index (κ2) is 5.03. The highest BCUT2D eigenvalue weighted by Gasteiger charge is 2.03. The predicted octanol–water partition coefficient (Wildman–Crippen LogP) is 2.60. The number of nitrogens with zero attached hydrogens (tertiary/aromatic N) is 2. The average molecular weight is 233 g/mol. The zero-order chi connectivity index (χ0) is 13.0. The Bertz CT molecular complexity index is 643. The van der Waals surface area contributed by atoms with Gasteiger partial charge < -0.3 is 5.73 Å². The molecule has 0 saturated carbocycles. The highest BCUT2D eigenvalue weighted by molar-refractivity contribution is 5.48. The van der Waals surface area contributed by atoms with Crippen molar-refractivity contribution in [2.75, 3.05) is 5.73 Å². The Morgan fingerprint density at radius 2 is 1.44 bits per heavy atom. The summed E-state index contributed by atoms with van der Waals surface area (Å²) in [5.74, 6) is 0. The summed E-state index contributed by atoms with van der Waals surface area (Å²) in [6.45, 7) is 0. The minimum absolute atomic E-state index is 0.415. The van der Waals surface area contributed by atoms with Crippen LogP contribution in [0.1, 0.15) is 22.3 Å². The molecule has 0 saturated heterocycles. The SMILES string of the molecule is N#Cc1ccc(Cc2ccc(N)cc2)cc1C#N. The van der Waals surface area contributed by atoms with Gasteiger partial charge in [0.25, 0.3) is 0 Å². The van der Waals surface area contributed by atoms with Crippen LogP contribution in [0.25, 0.3) is 0 Å². The maximum absolute atomic E-state index is 8.96. The fourth-order valence-electron chi connectivity index (χ4n) is 1.76. The summed E-state index contributed by atoms with van der Waals surface area (Å²) in [6, 6.07) is 17.0. The van der Waals surface area contributed by atoms with E-state index in [4.69, 9.17) is 16.3 Å². The van der Waals surface area contributed by atoms with Gasteiger partial charge in [-0.3, -0.25) is 0 Å². The van der Waals surface area contributed by atoms with Crippen LogP contribution in [0.3, 0.4) is 0 Å². The number of nitrogen functional groups attached to an aromatic ring is 1. The maximum Gasteiger partial charge on any atom is 0.101 e. The molecule has 2 rings (SSSR count). The first-order valence-electron chi connectivity index (χ1n) is 5.50. The first kappa shape index (κ1) is 11.7. The second-order valence-corrected chi connectivity index (χ2v) is 4.02. The Kier molecular flexibility index (Phi) is 3.27. The summed E-state index contributed by atoms with van der Waals surface area (Å²) in [5, 5.41) is 17.8. The molecule has 2 aromatic rings. The Morgan fingerprint density at radius 3 is 2.06 bits per heavy atom. The molecule has 0 aliphatic carbocycles. The monoisotopic (exact) mass is 233 g/mol. The van der Waals surface area contributed by atoms with Crippen molar-refractivity contribution >= 4 is 5.69 Å². The Balaban J connectivity index is 2.28. The predicted molar refractivity (Wildman–Crippen MR) is 69.5 cm³/mol. The molecule has 2 aromatic carbocycles. The van der Waals surface area contributed by atoms with Crippen LogP contribution in [0.4, 0.5) is 5.69 Å². The molecule has 0 spiro atoms. The molecular weight excluding hydrogens is 222 g/mol. The summed E-state index contributed by atoms with van der Waals surface area (Å²) in [4.78, 5) is 0. The van der Waals surface area contributed by atoms with Crippen molar-refractivity contribution in [1.29, 1.82) is 10.5 Å². The van der Waals surface area contributed by atoms with Gasteiger partial charge in [-0.15, -0.1) is 0 Å². The molecule has 0 radical (unpaired) electrons. The van der Waals surface area contributed by atoms with Crippen LogP contribution in [0.5, 0.6) is 0 Å². The number of benzene rings is 2. The molecule has 0 amide bonds. The van der Waals surface area contributed by atoms with Gasteiger partial charge in [-0.2, -0.15) is 10.5 Å². The summed E-state index contributed by atoms with van der Waals surface area (Å²) in [5.41, 5.74) is 9.33. The topological polar surface area (TPSA) is 73.6 Å². The van der Waals surface area contributed by atoms with Gasteiger partial charge in [-0.25, -0.2) is 0 Å². The van der Waals surface area contributed by atoms with E-state index in [2.05, 4.69) is 0 Å². The lowest BCUT2D eigenvalue weighted by atomic mass is 10.00. The lowest BCUT2D eigenvalue weighted by molar-refractivity contribution is 1.19. The van der Waals surface area contributed by atoms with Crippen LogP contribution in [0, 0.1) is 22.7 Å². The number of hydrogen-bond acceptors (Lipinski definition) is 3. The fourth-order valence-corrected chi connectivity index (χ4v) is 1.76. The molecule has 0 bridgehead atoms. The third-order valence-corrected chi connectivity index (χ3v) is 2.71. The average Bonchev–Trinajstić information content (AvgIpc) is 2.41. The zero-order valence-electron chi connectivity index (χ0n) is 9.72. The van der Waals surface area contributed by atoms with Gasteiger partial charge in [0.2, 0.25) is 0 Å². The molecule has 0 aliphatic heterocycles. The third kappa shape index (κ3) is 2.48. The zero-order valence-corrected chi connectivity index (χ0v) is 9.72. The Morgan fingerprint density at radius 1 is 0.833 bits per heavy atom. The molecule has 3 heteroatoms. The molecule has 18 heavy (non-hydrogen) atoms. The van der Waals surface area contributed by atoms with Gasteiger partial charge in [-0.1, -0.05) is 18.2 Å². The van der Waals surface area contributed by atoms with Crippen molar-refractivity contribution in [2.24, 2.45) is 0 Å². The highest BCUT2D eigenvalue weighted by atomic mass is 14.5. The Hall–Kier alpha value is -2.78. The lowest BCUT2D eigenvalue weighted by Gasteiger charge is -2.04. The number of nitriles is 2. The van der Waals surface area contributed by atoms with E-state index in [1.165, 1.54) is 0 Å². The van der Waals surface area contributed by atoms with Crippen LogP contribution >= 0.6 is 0 Å². The summed E-state index contributed by atoms with van der Waals surface area (Å²) in [7, 11) is 0. The van der Waals surface area contributed by atoms with E-state index in [0.717, 1.165) is 23.2 Å². The van der Waals surface area contributed by atoms with E-state index in [1.807, 2.05) is 42.5 Å². The first-order chi connectivity index (χ1) is 8.72. The third-order valence-electron chi connectivity index (χ3n) is 2.71. The molecule has 0 unspecified atom stereocenters. The molecule has 0 atom stereocenters. The van der Waals surface area contributed by atoms with E-state index >= 15 is 0 Å². The standard InChI is InChI=1S/C15H11N3/c16-9-13-4-1-12(8-14(13)10-17)7-11-2-5-15(18)6-3-11/h1-6,8H,7,18H2. The second-order valence-electron chi connectivity index (χ2n) is 4.02. The van der Waals surface area contributed by atoms with Crippen LogP contribution in [-0.4, -0.2) is 0 Å². The van der Waals surface area contributed by atoms with E-state index in [1.54, 1.807) is 12.1 Å². The van der Waals surface area contributed by atoms with Crippen molar-refractivity contribution in [3.63, 3.8) is 0 Å². The fraction of sp³-hybridized carbons (Fsp3) is 0.0667. The minimum Gasteiger partial charge on any atom is -0.399 e. The van der Waals surface area contributed by atoms with Gasteiger partial charge in [0, 0.05) is 5.69 Å². The van der Waals surface area contributed by atoms with Crippen LogP contribution < -0.4 is 5.73 Å². The lowest BCUT2D eigenvalue weighted by Crippen LogP contribution is -1.92. The normalized spacial score (nSPS) is 9.44. The Labute approximate surface area is 106 Å². The van der Waals surface area contributed by atoms with Crippen molar-refractivity contribution in [2.45, 2.75) is 6.42 Å². The van der Waals surface area contributed by atoms with Gasteiger partial charge in [0.05, 0.1) is 11.1 Å². The number of anilines is 1. The summed E-state index contributed by atoms with van der Waals surface area (Å²) < 4.78 is 0. The van der Waals surface area contributed by atoms with Gasteiger partial charge in [0.15, 0.2) is 0 Å². The first-order valence-corrected chi connectivity index (χ1v) is 5.50. The smallest absolute Gasteiger partial charge is 0.101 e. The van der Waals surface area contributed by atoms with Gasteiger partial charge in [0.1, 0.15) is 12.1 Å². The van der Waals surface area contributed by atoms with Gasteiger partial charge >= 0.3 is 0 Å². The molecular formula is C15H11N3. The van der Waals surface area contributed by atoms with Crippen LogP contribution in [-0.2, 0) is 6.42 Å². The number of rotatable bonds is 2. The number of hydrogen-bond donors (Lipinski definition) is 1. The van der Waals surface area contributed by atoms with E-state index < -0.39 is 0 Å². The largest absolute Gasteiger partial charge is 0.399 e. The molecule has 2 N–H and O–H groups in total. The maximum atomic E-state index is 8.96. The molecule has 0 fully saturated rings. The molecule has 0 heterocycles. The molecule has 0 aromatic heterocycles. The quantitative estimate of drug-likeness (QED) is 0.810. The van der Waals surface area contributed by atoms with Crippen molar-refractivity contribution in [3.05, 3.63) is 64.7 Å². The highest BCUT2D eigenvalue weighted by Crippen LogP contribution is 2.15. The van der Waals surface area contributed by atoms with Crippen molar-refractivity contribution in [3.8, 4) is 12.1 Å². The molecule has 86 valence electrons. The van der Waals surface area contributed by atoms with E-state index in [-0.39, 0.29) is 0 Å². The minimum atomic E-state index is 0.415. The van der Waals surface area contributed by atoms with Gasteiger partial charge in [-0.05, 0) is 41.8 Å². The van der Waals surface area contributed by atoms with Crippen molar-refractivity contribution < 1.29 is 0 Å². The molecule has 0 aliphatic rings. The summed E-state index contributed by atoms with van der Waals surface area (Å²) in [6.07, 6.45) is 0.723. The van der Waals surface area contributed by atoms with Crippen LogP contribution in [0.15, 0.2) is 42.5 Å². The van der Waals surface area contributed by atoms with E-state index in [9.17, 15) is 0 Å². The number of nitrogens with two attached hydrogens (primary N) is 1. The summed E-state index contributed by atoms with van der Waals surface area (Å²) >= 11 is 0. The van der Waals surface area contributed by atoms with Crippen LogP contribution in [0.2, 0.25) is 0 Å². The van der Waals surface area contributed by atoms with Crippen molar-refractivity contribution in [1.82, 2.24) is 0 Å². The van der Waals surface area contributed by atoms with E-state index in [0.29, 0.717) is 11.1 Å². The molecule has 3 nitrogen and oxygen atoms in total.